The van der Waals surface area contributed by atoms with Gasteiger partial charge >= 0.3 is 5.97 Å². The summed E-state index contributed by atoms with van der Waals surface area (Å²) in [7, 11) is 0. The molecule has 0 radical (unpaired) electrons. The van der Waals surface area contributed by atoms with E-state index in [1.54, 1.807) is 12.2 Å². The zero-order chi connectivity index (χ0) is 12.4. The predicted octanol–water partition coefficient (Wildman–Crippen LogP) is 2.81. The van der Waals surface area contributed by atoms with E-state index in [1.165, 1.54) is 0 Å². The van der Waals surface area contributed by atoms with E-state index >= 15 is 0 Å². The van der Waals surface area contributed by atoms with Gasteiger partial charge in [0.05, 0.1) is 6.10 Å². The normalized spacial score (nSPS) is 11.6. The number of ketones is 1. The summed E-state index contributed by atoms with van der Waals surface area (Å²) in [5, 5.41) is 0. The summed E-state index contributed by atoms with van der Waals surface area (Å²) in [6, 6.07) is 0. The summed E-state index contributed by atoms with van der Waals surface area (Å²) in [5.41, 5.74) is 0. The summed E-state index contributed by atoms with van der Waals surface area (Å²) in [5.74, 6) is -0.536. The van der Waals surface area contributed by atoms with Crippen molar-refractivity contribution in [1.29, 1.82) is 0 Å². The van der Waals surface area contributed by atoms with Gasteiger partial charge in [0.25, 0.3) is 0 Å². The first-order valence-electron chi connectivity index (χ1n) is 5.53. The molecule has 0 aliphatic heterocycles. The monoisotopic (exact) mass is 224 g/mol. The molecule has 0 amide bonds. The van der Waals surface area contributed by atoms with Crippen molar-refractivity contribution in [1.82, 2.24) is 0 Å². The first-order chi connectivity index (χ1) is 7.60. The summed E-state index contributed by atoms with van der Waals surface area (Å²) in [6.45, 7) is 8.92. The Morgan fingerprint density at radius 3 is 2.44 bits per heavy atom. The maximum absolute atomic E-state index is 11.3. The Balaban J connectivity index is 3.75. The second kappa shape index (κ2) is 8.89. The van der Waals surface area contributed by atoms with Crippen molar-refractivity contribution in [2.75, 3.05) is 0 Å². The molecule has 1 atom stereocenters. The van der Waals surface area contributed by atoms with E-state index in [0.717, 1.165) is 12.8 Å². The molecule has 0 N–H and O–H groups in total. The van der Waals surface area contributed by atoms with Crippen LogP contribution in [0.4, 0.5) is 0 Å². The van der Waals surface area contributed by atoms with Crippen LogP contribution in [0.5, 0.6) is 0 Å². The molecule has 0 aliphatic carbocycles. The number of hydrogen-bond donors (Lipinski definition) is 0. The molecule has 0 aromatic heterocycles. The Bertz CT molecular complexity index is 256. The molecule has 0 unspecified atom stereocenters. The van der Waals surface area contributed by atoms with E-state index in [2.05, 4.69) is 13.2 Å². The van der Waals surface area contributed by atoms with Crippen LogP contribution in [-0.2, 0) is 14.3 Å². The number of hydrogen-bond acceptors (Lipinski definition) is 3. The highest BCUT2D eigenvalue weighted by Crippen LogP contribution is 2.05. The Labute approximate surface area is 97.2 Å². The molecule has 0 saturated heterocycles. The van der Waals surface area contributed by atoms with Crippen molar-refractivity contribution in [3.8, 4) is 0 Å². The molecule has 3 nitrogen and oxygen atoms in total. The van der Waals surface area contributed by atoms with Gasteiger partial charge in [0, 0.05) is 6.42 Å². The van der Waals surface area contributed by atoms with E-state index in [9.17, 15) is 9.59 Å². The minimum Gasteiger partial charge on any atom is -0.462 e. The number of Topliss-reactive ketones (excluding diaryl/α,β-unsaturated/α-hetero) is 1. The Morgan fingerprint density at radius 2 is 1.88 bits per heavy atom. The number of esters is 1. The molecule has 90 valence electrons. The number of ether oxygens (including phenoxy) is 1. The van der Waals surface area contributed by atoms with Crippen LogP contribution in [0.1, 0.15) is 39.0 Å². The molecule has 0 fully saturated rings. The van der Waals surface area contributed by atoms with Crippen LogP contribution >= 0.6 is 0 Å². The average Bonchev–Trinajstić information content (AvgIpc) is 2.23. The van der Waals surface area contributed by atoms with Crippen molar-refractivity contribution < 1.29 is 14.3 Å². The fourth-order valence-corrected chi connectivity index (χ4v) is 1.19. The lowest BCUT2D eigenvalue weighted by atomic mass is 10.1. The molecule has 0 rings (SSSR count). The van der Waals surface area contributed by atoms with Crippen molar-refractivity contribution in [3.63, 3.8) is 0 Å². The highest BCUT2D eigenvalue weighted by atomic mass is 16.5. The minimum atomic E-state index is -0.439. The number of allylic oxidation sites excluding steroid dienone is 2. The Morgan fingerprint density at radius 1 is 1.25 bits per heavy atom. The van der Waals surface area contributed by atoms with Crippen molar-refractivity contribution in [2.24, 2.45) is 0 Å². The summed E-state index contributed by atoms with van der Waals surface area (Å²) in [6.07, 6.45) is 5.67. The third kappa shape index (κ3) is 7.97. The Kier molecular flexibility index (Phi) is 8.12. The van der Waals surface area contributed by atoms with Crippen molar-refractivity contribution in [3.05, 3.63) is 25.3 Å². The van der Waals surface area contributed by atoms with Crippen LogP contribution in [0, 0.1) is 0 Å². The lowest BCUT2D eigenvalue weighted by molar-refractivity contribution is -0.150. The van der Waals surface area contributed by atoms with E-state index in [1.807, 2.05) is 6.92 Å². The third-order valence-corrected chi connectivity index (χ3v) is 2.08. The number of carbonyl (C=O) groups is 2. The first kappa shape index (κ1) is 14.6. The van der Waals surface area contributed by atoms with Crippen LogP contribution < -0.4 is 0 Å². The zero-order valence-electron chi connectivity index (χ0n) is 9.91. The zero-order valence-corrected chi connectivity index (χ0v) is 9.91. The molecule has 0 aromatic carbocycles. The summed E-state index contributed by atoms with van der Waals surface area (Å²) in [4.78, 5) is 22.5. The van der Waals surface area contributed by atoms with Gasteiger partial charge in [-0.1, -0.05) is 12.2 Å². The van der Waals surface area contributed by atoms with Crippen molar-refractivity contribution in [2.45, 2.75) is 45.1 Å². The van der Waals surface area contributed by atoms with Gasteiger partial charge in [-0.15, -0.1) is 13.2 Å². The maximum Gasteiger partial charge on any atom is 0.313 e. The Hall–Kier alpha value is -1.38. The fraction of sp³-hybridized carbons (Fsp3) is 0.538. The molecule has 3 heteroatoms. The second-order valence-electron chi connectivity index (χ2n) is 3.71. The van der Waals surface area contributed by atoms with Gasteiger partial charge in [-0.05, 0) is 26.2 Å². The highest BCUT2D eigenvalue weighted by molar-refractivity contribution is 5.95. The molecule has 0 aliphatic rings. The van der Waals surface area contributed by atoms with E-state index in [4.69, 9.17) is 4.74 Å². The lowest BCUT2D eigenvalue weighted by Crippen LogP contribution is -2.17. The SMILES string of the molecule is C=CCCC(=O)CC(=O)O[C@H](C)CCC=C. The van der Waals surface area contributed by atoms with Crippen LogP contribution in [0.15, 0.2) is 25.3 Å². The molecule has 0 spiro atoms. The third-order valence-electron chi connectivity index (χ3n) is 2.08. The van der Waals surface area contributed by atoms with Crippen LogP contribution in [0.2, 0.25) is 0 Å². The average molecular weight is 224 g/mol. The quantitative estimate of drug-likeness (QED) is 0.343. The van der Waals surface area contributed by atoms with Gasteiger partial charge < -0.3 is 4.74 Å². The topological polar surface area (TPSA) is 43.4 Å². The number of rotatable bonds is 9. The molecule has 16 heavy (non-hydrogen) atoms. The molecular formula is C13H20O3. The highest BCUT2D eigenvalue weighted by Gasteiger charge is 2.12. The molecule has 0 aromatic rings. The van der Waals surface area contributed by atoms with Crippen LogP contribution in [0.25, 0.3) is 0 Å². The van der Waals surface area contributed by atoms with Crippen LogP contribution in [0.3, 0.4) is 0 Å². The van der Waals surface area contributed by atoms with Gasteiger partial charge in [0.15, 0.2) is 0 Å². The number of carbonyl (C=O) groups excluding carboxylic acids is 2. The molecule has 0 saturated carbocycles. The fourth-order valence-electron chi connectivity index (χ4n) is 1.19. The first-order valence-corrected chi connectivity index (χ1v) is 5.53. The minimum absolute atomic E-state index is 0.0965. The van der Waals surface area contributed by atoms with Gasteiger partial charge in [-0.3, -0.25) is 9.59 Å². The predicted molar refractivity (Wildman–Crippen MR) is 64.0 cm³/mol. The molecule has 0 heterocycles. The standard InChI is InChI=1S/C13H20O3/c1-4-6-8-11(3)16-13(15)10-12(14)9-7-5-2/h4-5,11H,1-2,6-10H2,3H3/t11-/m1/s1. The van der Waals surface area contributed by atoms with Gasteiger partial charge in [0.2, 0.25) is 0 Å². The van der Waals surface area contributed by atoms with E-state index in [-0.39, 0.29) is 18.3 Å². The van der Waals surface area contributed by atoms with E-state index in [0.29, 0.717) is 12.8 Å². The van der Waals surface area contributed by atoms with E-state index < -0.39 is 5.97 Å². The molecular weight excluding hydrogens is 204 g/mol. The summed E-state index contributed by atoms with van der Waals surface area (Å²) >= 11 is 0. The van der Waals surface area contributed by atoms with Gasteiger partial charge in [-0.2, -0.15) is 0 Å². The second-order valence-corrected chi connectivity index (χ2v) is 3.71. The van der Waals surface area contributed by atoms with Gasteiger partial charge in [-0.25, -0.2) is 0 Å². The largest absolute Gasteiger partial charge is 0.462 e. The van der Waals surface area contributed by atoms with Gasteiger partial charge in [0.1, 0.15) is 12.2 Å². The summed E-state index contributed by atoms with van der Waals surface area (Å²) < 4.78 is 5.07. The molecule has 0 bridgehead atoms. The van der Waals surface area contributed by atoms with Crippen LogP contribution in [-0.4, -0.2) is 17.9 Å². The smallest absolute Gasteiger partial charge is 0.313 e. The lowest BCUT2D eigenvalue weighted by Gasteiger charge is -2.11. The maximum atomic E-state index is 11.3. The van der Waals surface area contributed by atoms with Crippen molar-refractivity contribution >= 4 is 11.8 Å².